The summed E-state index contributed by atoms with van der Waals surface area (Å²) in [5.41, 5.74) is 0. The van der Waals surface area contributed by atoms with Gasteiger partial charge in [0.05, 0.1) is 0 Å². The first-order valence-corrected chi connectivity index (χ1v) is 7.78. The molecule has 2 atom stereocenters. The Hall–Kier alpha value is -0.650. The molecular weight excluding hydrogens is 244 g/mol. The summed E-state index contributed by atoms with van der Waals surface area (Å²) in [6.45, 7) is 10.7. The standard InChI is InChI=1S/C13H22N4S/c1-11-8-14-9-12(11)10-16-3-5-17(6-4-16)13-15-2-7-18-13/h2,7,11-12,14H,3-6,8-10H2,1H3/t11-,12+/m1/s1. The van der Waals surface area contributed by atoms with Crippen LogP contribution < -0.4 is 10.2 Å². The van der Waals surface area contributed by atoms with E-state index in [9.17, 15) is 0 Å². The number of hydrogen-bond acceptors (Lipinski definition) is 5. The minimum atomic E-state index is 0.835. The summed E-state index contributed by atoms with van der Waals surface area (Å²) in [5.74, 6) is 1.68. The van der Waals surface area contributed by atoms with Gasteiger partial charge in [0.15, 0.2) is 5.13 Å². The first-order chi connectivity index (χ1) is 8.83. The lowest BCUT2D eigenvalue weighted by Gasteiger charge is -2.36. The maximum Gasteiger partial charge on any atom is 0.185 e. The lowest BCUT2D eigenvalue weighted by Crippen LogP contribution is -2.48. The average Bonchev–Trinajstić information content (AvgIpc) is 3.03. The van der Waals surface area contributed by atoms with E-state index in [4.69, 9.17) is 0 Å². The first-order valence-electron chi connectivity index (χ1n) is 6.90. The molecule has 0 bridgehead atoms. The molecule has 0 saturated carbocycles. The van der Waals surface area contributed by atoms with Gasteiger partial charge in [0.2, 0.25) is 0 Å². The van der Waals surface area contributed by atoms with Crippen molar-refractivity contribution in [1.82, 2.24) is 15.2 Å². The second kappa shape index (κ2) is 5.55. The first kappa shape index (κ1) is 12.4. The summed E-state index contributed by atoms with van der Waals surface area (Å²) in [5, 5.41) is 6.75. The number of piperazine rings is 1. The number of nitrogens with one attached hydrogen (secondary N) is 1. The SMILES string of the molecule is C[C@@H]1CNC[C@H]1CN1CCN(c2nccs2)CC1. The highest BCUT2D eigenvalue weighted by Gasteiger charge is 2.27. The van der Waals surface area contributed by atoms with Crippen molar-refractivity contribution in [2.75, 3.05) is 50.7 Å². The van der Waals surface area contributed by atoms with Crippen LogP contribution in [0.25, 0.3) is 0 Å². The largest absolute Gasteiger partial charge is 0.346 e. The van der Waals surface area contributed by atoms with Crippen LogP contribution in [0.2, 0.25) is 0 Å². The summed E-state index contributed by atoms with van der Waals surface area (Å²) < 4.78 is 0. The van der Waals surface area contributed by atoms with Crippen LogP contribution in [0.3, 0.4) is 0 Å². The summed E-state index contributed by atoms with van der Waals surface area (Å²) in [7, 11) is 0. The quantitative estimate of drug-likeness (QED) is 0.888. The maximum absolute atomic E-state index is 4.40. The number of rotatable bonds is 3. The van der Waals surface area contributed by atoms with Crippen LogP contribution >= 0.6 is 11.3 Å². The second-order valence-corrected chi connectivity index (χ2v) is 6.37. The van der Waals surface area contributed by atoms with Crippen molar-refractivity contribution in [1.29, 1.82) is 0 Å². The van der Waals surface area contributed by atoms with E-state index >= 15 is 0 Å². The third-order valence-electron chi connectivity index (χ3n) is 4.23. The van der Waals surface area contributed by atoms with Crippen molar-refractivity contribution < 1.29 is 0 Å². The van der Waals surface area contributed by atoms with Crippen LogP contribution in [0, 0.1) is 11.8 Å². The fraction of sp³-hybridized carbons (Fsp3) is 0.769. The lowest BCUT2D eigenvalue weighted by atomic mass is 9.97. The van der Waals surface area contributed by atoms with Crippen LogP contribution in [0.5, 0.6) is 0 Å². The molecule has 2 aliphatic rings. The van der Waals surface area contributed by atoms with Crippen LogP contribution in [-0.4, -0.2) is 55.7 Å². The Bertz CT molecular complexity index is 359. The van der Waals surface area contributed by atoms with Gasteiger partial charge in [0, 0.05) is 44.3 Å². The van der Waals surface area contributed by atoms with Crippen LogP contribution in [-0.2, 0) is 0 Å². The van der Waals surface area contributed by atoms with E-state index in [1.807, 2.05) is 6.20 Å². The third-order valence-corrected chi connectivity index (χ3v) is 5.06. The molecule has 4 nitrogen and oxygen atoms in total. The molecule has 0 radical (unpaired) electrons. The molecule has 0 unspecified atom stereocenters. The van der Waals surface area contributed by atoms with E-state index in [0.29, 0.717) is 0 Å². The van der Waals surface area contributed by atoms with Crippen molar-refractivity contribution in [3.8, 4) is 0 Å². The minimum absolute atomic E-state index is 0.835. The number of aromatic nitrogens is 1. The fourth-order valence-electron chi connectivity index (χ4n) is 2.93. The van der Waals surface area contributed by atoms with Crippen molar-refractivity contribution in [3.63, 3.8) is 0 Å². The van der Waals surface area contributed by atoms with E-state index in [0.717, 1.165) is 24.9 Å². The van der Waals surface area contributed by atoms with Gasteiger partial charge in [-0.1, -0.05) is 6.92 Å². The Morgan fingerprint density at radius 1 is 1.33 bits per heavy atom. The summed E-state index contributed by atoms with van der Waals surface area (Å²) in [6.07, 6.45) is 1.90. The van der Waals surface area contributed by atoms with Gasteiger partial charge in [0.25, 0.3) is 0 Å². The van der Waals surface area contributed by atoms with Crippen molar-refractivity contribution >= 4 is 16.5 Å². The molecule has 0 aromatic carbocycles. The van der Waals surface area contributed by atoms with Gasteiger partial charge in [-0.25, -0.2) is 4.98 Å². The Morgan fingerprint density at radius 2 is 2.17 bits per heavy atom. The van der Waals surface area contributed by atoms with Gasteiger partial charge >= 0.3 is 0 Å². The van der Waals surface area contributed by atoms with Gasteiger partial charge < -0.3 is 10.2 Å². The number of thiazole rings is 1. The molecule has 0 amide bonds. The molecule has 3 rings (SSSR count). The van der Waals surface area contributed by atoms with Gasteiger partial charge in [-0.05, 0) is 24.9 Å². The molecule has 2 fully saturated rings. The minimum Gasteiger partial charge on any atom is -0.346 e. The van der Waals surface area contributed by atoms with Crippen LogP contribution in [0.15, 0.2) is 11.6 Å². The molecule has 1 N–H and O–H groups in total. The van der Waals surface area contributed by atoms with Crippen LogP contribution in [0.1, 0.15) is 6.92 Å². The zero-order valence-electron chi connectivity index (χ0n) is 11.0. The second-order valence-electron chi connectivity index (χ2n) is 5.50. The Labute approximate surface area is 113 Å². The predicted octanol–water partition coefficient (Wildman–Crippen LogP) is 1.12. The van der Waals surface area contributed by atoms with Crippen molar-refractivity contribution in [2.24, 2.45) is 11.8 Å². The van der Waals surface area contributed by atoms with Gasteiger partial charge in [-0.15, -0.1) is 11.3 Å². The highest BCUT2D eigenvalue weighted by molar-refractivity contribution is 7.13. The van der Waals surface area contributed by atoms with Crippen molar-refractivity contribution in [3.05, 3.63) is 11.6 Å². The molecule has 18 heavy (non-hydrogen) atoms. The summed E-state index contributed by atoms with van der Waals surface area (Å²) >= 11 is 1.75. The number of nitrogens with zero attached hydrogens (tertiary/aromatic N) is 3. The number of anilines is 1. The molecule has 2 aliphatic heterocycles. The van der Waals surface area contributed by atoms with Crippen LogP contribution in [0.4, 0.5) is 5.13 Å². The molecule has 2 saturated heterocycles. The highest BCUT2D eigenvalue weighted by Crippen LogP contribution is 2.21. The molecule has 5 heteroatoms. The molecule has 1 aromatic heterocycles. The molecule has 0 aliphatic carbocycles. The Balaban J connectivity index is 1.48. The molecule has 0 spiro atoms. The lowest BCUT2D eigenvalue weighted by molar-refractivity contribution is 0.207. The summed E-state index contributed by atoms with van der Waals surface area (Å²) in [4.78, 5) is 9.43. The maximum atomic E-state index is 4.40. The monoisotopic (exact) mass is 266 g/mol. The van der Waals surface area contributed by atoms with E-state index in [2.05, 4.69) is 32.4 Å². The average molecular weight is 266 g/mol. The smallest absolute Gasteiger partial charge is 0.185 e. The number of hydrogen-bond donors (Lipinski definition) is 1. The van der Waals surface area contributed by atoms with Gasteiger partial charge in [0.1, 0.15) is 0 Å². The van der Waals surface area contributed by atoms with Gasteiger partial charge in [-0.3, -0.25) is 4.90 Å². The van der Waals surface area contributed by atoms with E-state index in [1.165, 1.54) is 37.9 Å². The third kappa shape index (κ3) is 2.68. The van der Waals surface area contributed by atoms with E-state index in [-0.39, 0.29) is 0 Å². The topological polar surface area (TPSA) is 31.4 Å². The molecule has 1 aromatic rings. The molecular formula is C13H22N4S. The summed E-state index contributed by atoms with van der Waals surface area (Å²) in [6, 6.07) is 0. The van der Waals surface area contributed by atoms with Gasteiger partial charge in [-0.2, -0.15) is 0 Å². The van der Waals surface area contributed by atoms with Crippen molar-refractivity contribution in [2.45, 2.75) is 6.92 Å². The molecule has 100 valence electrons. The Morgan fingerprint density at radius 3 is 2.78 bits per heavy atom. The molecule has 3 heterocycles. The van der Waals surface area contributed by atoms with E-state index < -0.39 is 0 Å². The normalized spacial score (nSPS) is 29.9. The fourth-order valence-corrected chi connectivity index (χ4v) is 3.63. The Kier molecular flexibility index (Phi) is 3.82. The zero-order chi connectivity index (χ0) is 12.4. The van der Waals surface area contributed by atoms with E-state index in [1.54, 1.807) is 11.3 Å². The highest BCUT2D eigenvalue weighted by atomic mass is 32.1. The zero-order valence-corrected chi connectivity index (χ0v) is 11.8. The predicted molar refractivity (Wildman–Crippen MR) is 76.3 cm³/mol.